The Bertz CT molecular complexity index is 955. The third-order valence-electron chi connectivity index (χ3n) is 4.89. The second-order valence-electron chi connectivity index (χ2n) is 7.04. The standard InChI is InChI=1S/C21H24N6OS2/c22-20-24-25-21(30-20)29-15-19(28)23-17-6-8-18(9-7-17)27-12-10-26(11-13-27)14-16-4-2-1-3-5-16/h1-9H,10-15H2,(H2,22,24)(H,23,28). The van der Waals surface area contributed by atoms with E-state index >= 15 is 0 Å². The van der Waals surface area contributed by atoms with Crippen molar-refractivity contribution >= 4 is 45.5 Å². The number of nitrogens with two attached hydrogens (primary N) is 1. The van der Waals surface area contributed by atoms with Crippen LogP contribution in [0.15, 0.2) is 58.9 Å². The third-order valence-corrected chi connectivity index (χ3v) is 6.77. The van der Waals surface area contributed by atoms with Gasteiger partial charge >= 0.3 is 0 Å². The van der Waals surface area contributed by atoms with Gasteiger partial charge in [0.15, 0.2) is 4.34 Å². The molecule has 1 fully saturated rings. The van der Waals surface area contributed by atoms with Gasteiger partial charge < -0.3 is 16.0 Å². The number of piperazine rings is 1. The van der Waals surface area contributed by atoms with E-state index < -0.39 is 0 Å². The normalized spacial score (nSPS) is 14.6. The van der Waals surface area contributed by atoms with Gasteiger partial charge in [-0.1, -0.05) is 53.4 Å². The maximum atomic E-state index is 12.1. The molecule has 0 radical (unpaired) electrons. The Kier molecular flexibility index (Phi) is 6.83. The summed E-state index contributed by atoms with van der Waals surface area (Å²) in [6.07, 6.45) is 0. The van der Waals surface area contributed by atoms with Crippen LogP contribution in [0.1, 0.15) is 5.56 Å². The van der Waals surface area contributed by atoms with E-state index in [-0.39, 0.29) is 11.7 Å². The highest BCUT2D eigenvalue weighted by molar-refractivity contribution is 8.01. The van der Waals surface area contributed by atoms with E-state index in [1.165, 1.54) is 34.3 Å². The molecule has 2 heterocycles. The van der Waals surface area contributed by atoms with Crippen LogP contribution in [-0.2, 0) is 11.3 Å². The molecule has 3 N–H and O–H groups in total. The minimum atomic E-state index is -0.0731. The summed E-state index contributed by atoms with van der Waals surface area (Å²) in [6, 6.07) is 18.7. The van der Waals surface area contributed by atoms with Gasteiger partial charge in [-0.15, -0.1) is 10.2 Å². The number of hydrogen-bond acceptors (Lipinski definition) is 8. The average Bonchev–Trinajstić information content (AvgIpc) is 3.19. The molecule has 0 atom stereocenters. The van der Waals surface area contributed by atoms with Gasteiger partial charge in [-0.2, -0.15) is 0 Å². The van der Waals surface area contributed by atoms with Gasteiger partial charge in [0.1, 0.15) is 0 Å². The first-order chi connectivity index (χ1) is 14.7. The lowest BCUT2D eigenvalue weighted by Gasteiger charge is -2.36. The molecule has 0 saturated carbocycles. The number of nitrogen functional groups attached to an aromatic ring is 1. The fraction of sp³-hybridized carbons (Fsp3) is 0.286. The number of hydrogen-bond donors (Lipinski definition) is 2. The zero-order chi connectivity index (χ0) is 20.8. The summed E-state index contributed by atoms with van der Waals surface area (Å²) in [4.78, 5) is 17.0. The molecule has 0 spiro atoms. The molecule has 1 aliphatic rings. The van der Waals surface area contributed by atoms with Crippen LogP contribution in [0.25, 0.3) is 0 Å². The van der Waals surface area contributed by atoms with Crippen LogP contribution >= 0.6 is 23.1 Å². The number of aromatic nitrogens is 2. The van der Waals surface area contributed by atoms with E-state index in [4.69, 9.17) is 5.73 Å². The summed E-state index contributed by atoms with van der Waals surface area (Å²) in [5.41, 5.74) is 8.89. The number of anilines is 3. The second-order valence-corrected chi connectivity index (χ2v) is 9.27. The third kappa shape index (κ3) is 5.71. The quantitative estimate of drug-likeness (QED) is 0.546. The van der Waals surface area contributed by atoms with Crippen molar-refractivity contribution in [3.63, 3.8) is 0 Å². The van der Waals surface area contributed by atoms with Gasteiger partial charge in [0, 0.05) is 44.1 Å². The predicted molar refractivity (Wildman–Crippen MR) is 124 cm³/mol. The van der Waals surface area contributed by atoms with Crippen molar-refractivity contribution < 1.29 is 4.79 Å². The maximum absolute atomic E-state index is 12.1. The summed E-state index contributed by atoms with van der Waals surface area (Å²) in [5, 5.41) is 11.0. The molecule has 3 aromatic rings. The van der Waals surface area contributed by atoms with Crippen molar-refractivity contribution in [1.82, 2.24) is 15.1 Å². The number of nitrogens with one attached hydrogen (secondary N) is 1. The number of carbonyl (C=O) groups is 1. The molecule has 1 aliphatic heterocycles. The Hall–Kier alpha value is -2.62. The van der Waals surface area contributed by atoms with Crippen LogP contribution in [0.5, 0.6) is 0 Å². The van der Waals surface area contributed by atoms with Gasteiger partial charge in [-0.3, -0.25) is 9.69 Å². The van der Waals surface area contributed by atoms with Crippen molar-refractivity contribution in [2.24, 2.45) is 0 Å². The van der Waals surface area contributed by atoms with Crippen LogP contribution in [-0.4, -0.2) is 52.9 Å². The first-order valence-corrected chi connectivity index (χ1v) is 11.6. The van der Waals surface area contributed by atoms with Crippen molar-refractivity contribution in [2.75, 3.05) is 47.9 Å². The number of carbonyl (C=O) groups excluding carboxylic acids is 1. The fourth-order valence-corrected chi connectivity index (χ4v) is 4.80. The Morgan fingerprint density at radius 2 is 1.77 bits per heavy atom. The SMILES string of the molecule is Nc1nnc(SCC(=O)Nc2ccc(N3CCN(Cc4ccccc4)CC3)cc2)s1. The van der Waals surface area contributed by atoms with Gasteiger partial charge in [0.05, 0.1) is 5.75 Å². The Balaban J connectivity index is 1.23. The molecule has 0 bridgehead atoms. The second kappa shape index (κ2) is 9.92. The Morgan fingerprint density at radius 1 is 1.03 bits per heavy atom. The Labute approximate surface area is 184 Å². The molecular weight excluding hydrogens is 416 g/mol. The van der Waals surface area contributed by atoms with Crippen molar-refractivity contribution in [2.45, 2.75) is 10.9 Å². The van der Waals surface area contributed by atoms with E-state index in [0.717, 1.165) is 38.4 Å². The van der Waals surface area contributed by atoms with Gasteiger partial charge in [-0.25, -0.2) is 0 Å². The first kappa shape index (κ1) is 20.6. The van der Waals surface area contributed by atoms with Crippen LogP contribution < -0.4 is 16.0 Å². The zero-order valence-electron chi connectivity index (χ0n) is 16.5. The largest absolute Gasteiger partial charge is 0.374 e. The molecule has 1 saturated heterocycles. The van der Waals surface area contributed by atoms with E-state index in [1.54, 1.807) is 0 Å². The van der Waals surface area contributed by atoms with E-state index in [9.17, 15) is 4.79 Å². The summed E-state index contributed by atoms with van der Waals surface area (Å²) in [6.45, 7) is 5.09. The average molecular weight is 441 g/mol. The predicted octanol–water partition coefficient (Wildman–Crippen LogP) is 3.17. The van der Waals surface area contributed by atoms with Crippen molar-refractivity contribution in [3.05, 3.63) is 60.2 Å². The summed E-state index contributed by atoms with van der Waals surface area (Å²) in [5.74, 6) is 0.204. The minimum Gasteiger partial charge on any atom is -0.374 e. The van der Waals surface area contributed by atoms with Gasteiger partial charge in [0.2, 0.25) is 11.0 Å². The minimum absolute atomic E-state index is 0.0731. The monoisotopic (exact) mass is 440 g/mol. The fourth-order valence-electron chi connectivity index (χ4n) is 3.36. The highest BCUT2D eigenvalue weighted by Crippen LogP contribution is 2.24. The molecule has 1 amide bonds. The maximum Gasteiger partial charge on any atom is 0.234 e. The number of amides is 1. The highest BCUT2D eigenvalue weighted by atomic mass is 32.2. The van der Waals surface area contributed by atoms with E-state index in [0.29, 0.717) is 9.47 Å². The molecule has 0 aliphatic carbocycles. The number of nitrogens with zero attached hydrogens (tertiary/aromatic N) is 4. The molecule has 9 heteroatoms. The highest BCUT2D eigenvalue weighted by Gasteiger charge is 2.17. The molecule has 7 nitrogen and oxygen atoms in total. The molecule has 1 aromatic heterocycles. The topological polar surface area (TPSA) is 87.4 Å². The summed E-state index contributed by atoms with van der Waals surface area (Å²) in [7, 11) is 0. The molecule has 30 heavy (non-hydrogen) atoms. The summed E-state index contributed by atoms with van der Waals surface area (Å²) >= 11 is 2.62. The van der Waals surface area contributed by atoms with Crippen LogP contribution in [0, 0.1) is 0 Å². The molecule has 156 valence electrons. The lowest BCUT2D eigenvalue weighted by molar-refractivity contribution is -0.113. The van der Waals surface area contributed by atoms with E-state index in [1.807, 2.05) is 12.1 Å². The lowest BCUT2D eigenvalue weighted by Crippen LogP contribution is -2.45. The number of benzene rings is 2. The van der Waals surface area contributed by atoms with Crippen LogP contribution in [0.4, 0.5) is 16.5 Å². The van der Waals surface area contributed by atoms with E-state index in [2.05, 4.69) is 67.8 Å². The van der Waals surface area contributed by atoms with Gasteiger partial charge in [-0.05, 0) is 29.8 Å². The number of thioether (sulfide) groups is 1. The molecule has 2 aromatic carbocycles. The lowest BCUT2D eigenvalue weighted by atomic mass is 10.2. The van der Waals surface area contributed by atoms with Gasteiger partial charge in [0.25, 0.3) is 0 Å². The zero-order valence-corrected chi connectivity index (χ0v) is 18.2. The van der Waals surface area contributed by atoms with Crippen molar-refractivity contribution in [1.29, 1.82) is 0 Å². The molecule has 0 unspecified atom stereocenters. The molecular formula is C21H24N6OS2. The van der Waals surface area contributed by atoms with Crippen molar-refractivity contribution in [3.8, 4) is 0 Å². The first-order valence-electron chi connectivity index (χ1n) is 9.78. The smallest absolute Gasteiger partial charge is 0.234 e. The van der Waals surface area contributed by atoms with Crippen LogP contribution in [0.2, 0.25) is 0 Å². The summed E-state index contributed by atoms with van der Waals surface area (Å²) < 4.78 is 0.699. The molecule has 4 rings (SSSR count). The van der Waals surface area contributed by atoms with Crippen LogP contribution in [0.3, 0.4) is 0 Å². The Morgan fingerprint density at radius 3 is 2.43 bits per heavy atom. The number of rotatable bonds is 7.